The summed E-state index contributed by atoms with van der Waals surface area (Å²) in [4.78, 5) is 9.95. The van der Waals surface area contributed by atoms with Crippen molar-refractivity contribution in [3.8, 4) is 0 Å². The number of carbonyl (C=O) groups is 1. The maximum atomic E-state index is 9.95. The van der Waals surface area contributed by atoms with Crippen molar-refractivity contribution < 1.29 is 15.2 Å². The molecule has 0 aromatic heterocycles. The maximum absolute atomic E-state index is 9.95. The first-order valence-corrected chi connectivity index (χ1v) is 3.79. The topological polar surface area (TPSA) is 56.7 Å². The number of carboxylic acids is 1. The van der Waals surface area contributed by atoms with E-state index in [0.29, 0.717) is 6.42 Å². The lowest BCUT2D eigenvalue weighted by Gasteiger charge is -2.01. The van der Waals surface area contributed by atoms with Crippen molar-refractivity contribution in [2.24, 2.45) is 0 Å². The summed E-state index contributed by atoms with van der Waals surface area (Å²) in [5.74, 6) is -0.964. The van der Waals surface area contributed by atoms with Crippen LogP contribution in [0.1, 0.15) is 19.8 Å². The number of aliphatic carboxylic acids is 1. The SMILES string of the molecule is C=C(C)C[NH2+]CCCC(=O)[O-]. The molecule has 0 rings (SSSR count). The van der Waals surface area contributed by atoms with Crippen molar-refractivity contribution in [3.05, 3.63) is 12.2 Å². The number of carboxylic acid groups (broad SMARTS) is 1. The molecule has 0 amide bonds. The zero-order chi connectivity index (χ0) is 8.69. The third-order valence-electron chi connectivity index (χ3n) is 1.28. The third-order valence-corrected chi connectivity index (χ3v) is 1.28. The van der Waals surface area contributed by atoms with Crippen LogP contribution in [0.5, 0.6) is 0 Å². The van der Waals surface area contributed by atoms with Gasteiger partial charge in [-0.2, -0.15) is 0 Å². The Kier molecular flexibility index (Phi) is 5.47. The number of hydrogen-bond donors (Lipinski definition) is 1. The van der Waals surface area contributed by atoms with Gasteiger partial charge in [-0.1, -0.05) is 6.58 Å². The molecule has 0 heterocycles. The highest BCUT2D eigenvalue weighted by Crippen LogP contribution is 1.81. The summed E-state index contributed by atoms with van der Waals surface area (Å²) < 4.78 is 0. The summed E-state index contributed by atoms with van der Waals surface area (Å²) in [7, 11) is 0. The molecule has 0 aliphatic rings. The van der Waals surface area contributed by atoms with Gasteiger partial charge in [-0.05, 0) is 18.9 Å². The molecule has 2 N–H and O–H groups in total. The Bertz CT molecular complexity index is 127. The van der Waals surface area contributed by atoms with E-state index in [1.165, 1.54) is 0 Å². The van der Waals surface area contributed by atoms with E-state index in [0.717, 1.165) is 18.7 Å². The summed E-state index contributed by atoms with van der Waals surface area (Å²) in [5.41, 5.74) is 1.11. The highest BCUT2D eigenvalue weighted by atomic mass is 16.4. The molecular formula is C8H15NO2. The van der Waals surface area contributed by atoms with Gasteiger partial charge in [0.25, 0.3) is 0 Å². The number of nitrogens with two attached hydrogens (primary N) is 1. The summed E-state index contributed by atoms with van der Waals surface area (Å²) in [6.07, 6.45) is 0.836. The molecule has 0 saturated carbocycles. The van der Waals surface area contributed by atoms with E-state index in [1.54, 1.807) is 0 Å². The molecule has 0 radical (unpaired) electrons. The van der Waals surface area contributed by atoms with Crippen LogP contribution in [-0.2, 0) is 4.79 Å². The van der Waals surface area contributed by atoms with Crippen LogP contribution in [0.4, 0.5) is 0 Å². The predicted octanol–water partition coefficient (Wildman–Crippen LogP) is -1.34. The molecule has 0 aromatic carbocycles. The van der Waals surface area contributed by atoms with Crippen LogP contribution in [0.3, 0.4) is 0 Å². The second kappa shape index (κ2) is 5.92. The van der Waals surface area contributed by atoms with Gasteiger partial charge < -0.3 is 15.2 Å². The number of carbonyl (C=O) groups excluding carboxylic acids is 1. The van der Waals surface area contributed by atoms with E-state index in [4.69, 9.17) is 0 Å². The summed E-state index contributed by atoms with van der Waals surface area (Å²) in [5, 5.41) is 12.0. The third kappa shape index (κ3) is 9.17. The lowest BCUT2D eigenvalue weighted by molar-refractivity contribution is -0.647. The normalized spacial score (nSPS) is 9.55. The average Bonchev–Trinajstić information content (AvgIpc) is 1.85. The van der Waals surface area contributed by atoms with E-state index in [-0.39, 0.29) is 6.42 Å². The van der Waals surface area contributed by atoms with Gasteiger partial charge in [0, 0.05) is 12.4 Å². The minimum Gasteiger partial charge on any atom is -0.550 e. The molecule has 64 valence electrons. The molecule has 3 nitrogen and oxygen atoms in total. The highest BCUT2D eigenvalue weighted by Gasteiger charge is 1.91. The summed E-state index contributed by atoms with van der Waals surface area (Å²) >= 11 is 0. The highest BCUT2D eigenvalue weighted by molar-refractivity contribution is 5.64. The van der Waals surface area contributed by atoms with Gasteiger partial charge in [0.2, 0.25) is 0 Å². The fourth-order valence-corrected chi connectivity index (χ4v) is 0.739. The molecule has 3 heteroatoms. The van der Waals surface area contributed by atoms with E-state index in [1.807, 2.05) is 12.2 Å². The first kappa shape index (κ1) is 10.2. The zero-order valence-electron chi connectivity index (χ0n) is 6.93. The van der Waals surface area contributed by atoms with Gasteiger partial charge in [0.05, 0.1) is 13.1 Å². The van der Waals surface area contributed by atoms with Crippen molar-refractivity contribution in [2.45, 2.75) is 19.8 Å². The monoisotopic (exact) mass is 157 g/mol. The van der Waals surface area contributed by atoms with E-state index in [2.05, 4.69) is 6.58 Å². The van der Waals surface area contributed by atoms with Gasteiger partial charge in [-0.3, -0.25) is 0 Å². The van der Waals surface area contributed by atoms with Gasteiger partial charge in [0.15, 0.2) is 0 Å². The first-order valence-electron chi connectivity index (χ1n) is 3.79. The minimum atomic E-state index is -0.964. The van der Waals surface area contributed by atoms with Gasteiger partial charge in [-0.25, -0.2) is 0 Å². The van der Waals surface area contributed by atoms with Crippen molar-refractivity contribution in [3.63, 3.8) is 0 Å². The van der Waals surface area contributed by atoms with Crippen molar-refractivity contribution in [1.29, 1.82) is 0 Å². The van der Waals surface area contributed by atoms with E-state index in [9.17, 15) is 9.90 Å². The Hall–Kier alpha value is -0.830. The average molecular weight is 157 g/mol. The Balaban J connectivity index is 3.03. The van der Waals surface area contributed by atoms with Crippen LogP contribution < -0.4 is 10.4 Å². The van der Waals surface area contributed by atoms with Crippen molar-refractivity contribution in [1.82, 2.24) is 0 Å². The first-order chi connectivity index (χ1) is 5.13. The fraction of sp³-hybridized carbons (Fsp3) is 0.625. The molecule has 11 heavy (non-hydrogen) atoms. The van der Waals surface area contributed by atoms with Gasteiger partial charge in [-0.15, -0.1) is 0 Å². The molecule has 0 atom stereocenters. The Morgan fingerprint density at radius 1 is 1.64 bits per heavy atom. The zero-order valence-corrected chi connectivity index (χ0v) is 6.93. The number of rotatable bonds is 6. The van der Waals surface area contributed by atoms with Gasteiger partial charge in [0.1, 0.15) is 0 Å². The maximum Gasteiger partial charge on any atom is 0.0966 e. The van der Waals surface area contributed by atoms with Crippen molar-refractivity contribution >= 4 is 5.97 Å². The molecule has 0 spiro atoms. The Morgan fingerprint density at radius 3 is 2.73 bits per heavy atom. The molecule has 0 aliphatic heterocycles. The second-order valence-corrected chi connectivity index (χ2v) is 2.71. The second-order valence-electron chi connectivity index (χ2n) is 2.71. The molecule has 0 unspecified atom stereocenters. The Labute approximate surface area is 67.1 Å². The molecule has 0 bridgehead atoms. The predicted molar refractivity (Wildman–Crippen MR) is 40.7 cm³/mol. The van der Waals surface area contributed by atoms with Crippen LogP contribution in [-0.4, -0.2) is 19.1 Å². The van der Waals surface area contributed by atoms with E-state index < -0.39 is 5.97 Å². The van der Waals surface area contributed by atoms with Crippen molar-refractivity contribution in [2.75, 3.05) is 13.1 Å². The molecule has 0 fully saturated rings. The smallest absolute Gasteiger partial charge is 0.0966 e. The number of quaternary nitrogens is 1. The largest absolute Gasteiger partial charge is 0.550 e. The van der Waals surface area contributed by atoms with Crippen LogP contribution in [0.2, 0.25) is 0 Å². The van der Waals surface area contributed by atoms with Crippen LogP contribution in [0.25, 0.3) is 0 Å². The van der Waals surface area contributed by atoms with E-state index >= 15 is 0 Å². The van der Waals surface area contributed by atoms with Gasteiger partial charge >= 0.3 is 0 Å². The van der Waals surface area contributed by atoms with Crippen LogP contribution in [0, 0.1) is 0 Å². The molecule has 0 aromatic rings. The number of hydrogen-bond acceptors (Lipinski definition) is 2. The lowest BCUT2D eigenvalue weighted by Crippen LogP contribution is -2.84. The lowest BCUT2D eigenvalue weighted by atomic mass is 10.3. The minimum absolute atomic E-state index is 0.159. The van der Waals surface area contributed by atoms with Crippen LogP contribution >= 0.6 is 0 Å². The fourth-order valence-electron chi connectivity index (χ4n) is 0.739. The molecule has 0 saturated heterocycles. The summed E-state index contributed by atoms with van der Waals surface area (Å²) in [6.45, 7) is 7.40. The molecule has 0 aliphatic carbocycles. The van der Waals surface area contributed by atoms with Crippen LogP contribution in [0.15, 0.2) is 12.2 Å². The quantitative estimate of drug-likeness (QED) is 0.383. The molecular weight excluding hydrogens is 142 g/mol. The standard InChI is InChI=1S/C8H15NO2/c1-7(2)6-9-5-3-4-8(10)11/h9H,1,3-6H2,2H3,(H,10,11). The Morgan fingerprint density at radius 2 is 2.27 bits per heavy atom. The summed E-state index contributed by atoms with van der Waals surface area (Å²) in [6, 6.07) is 0.